The number of hydrogen-bond donors (Lipinski definition) is 1. The fraction of sp³-hybridized carbons (Fsp3) is 0.500. The molecule has 8 heteroatoms. The van der Waals surface area contributed by atoms with Crippen molar-refractivity contribution in [1.82, 2.24) is 15.0 Å². The largest absolute Gasteiger partial charge is 0.496 e. The molecule has 0 bridgehead atoms. The number of carbonyl (C=O) groups excluding carboxylic acids is 1. The van der Waals surface area contributed by atoms with E-state index in [1.54, 1.807) is 18.2 Å². The van der Waals surface area contributed by atoms with Gasteiger partial charge in [-0.1, -0.05) is 13.8 Å². The molecule has 28 heavy (non-hydrogen) atoms. The first-order valence-electron chi connectivity index (χ1n) is 9.41. The van der Waals surface area contributed by atoms with E-state index < -0.39 is 0 Å². The number of pyridine rings is 1. The van der Waals surface area contributed by atoms with Crippen LogP contribution in [0, 0.1) is 26.7 Å². The lowest BCUT2D eigenvalue weighted by Crippen LogP contribution is -2.48. The van der Waals surface area contributed by atoms with E-state index in [0.29, 0.717) is 30.5 Å². The first kappa shape index (κ1) is 19.9. The zero-order valence-corrected chi connectivity index (χ0v) is 17.4. The number of nitrogens with zero attached hydrogens (tertiary/aromatic N) is 5. The quantitative estimate of drug-likeness (QED) is 0.845. The summed E-state index contributed by atoms with van der Waals surface area (Å²) in [4.78, 5) is 30.0. The second-order valence-electron chi connectivity index (χ2n) is 7.64. The number of aromatic nitrogens is 3. The van der Waals surface area contributed by atoms with Gasteiger partial charge in [-0.05, 0) is 26.7 Å². The Kier molecular flexibility index (Phi) is 5.40. The van der Waals surface area contributed by atoms with Gasteiger partial charge in [-0.2, -0.15) is 4.98 Å². The summed E-state index contributed by atoms with van der Waals surface area (Å²) >= 11 is 0. The Morgan fingerprint density at radius 1 is 1.25 bits per heavy atom. The number of fused-ring (bicyclic) bond motifs is 1. The smallest absolute Gasteiger partial charge is 0.246 e. The maximum Gasteiger partial charge on any atom is 0.246 e. The summed E-state index contributed by atoms with van der Waals surface area (Å²) in [6.45, 7) is 11.2. The van der Waals surface area contributed by atoms with Crippen molar-refractivity contribution in [3.63, 3.8) is 0 Å². The van der Waals surface area contributed by atoms with Crippen LogP contribution in [0.1, 0.15) is 36.4 Å². The summed E-state index contributed by atoms with van der Waals surface area (Å²) in [5, 5.41) is 0. The molecule has 150 valence electrons. The van der Waals surface area contributed by atoms with Crippen molar-refractivity contribution in [2.24, 2.45) is 5.92 Å². The topological polar surface area (TPSA) is 97.5 Å². The van der Waals surface area contributed by atoms with Crippen LogP contribution in [0.4, 0.5) is 17.5 Å². The SMILES string of the molecule is COc1c(C)cnc(CN2CC(=O)N(CC(C)C)c3c(C)nc(N)nc32)c1C. The van der Waals surface area contributed by atoms with Gasteiger partial charge in [-0.3, -0.25) is 9.78 Å². The number of amides is 1. The molecule has 3 heterocycles. The molecule has 0 aliphatic carbocycles. The first-order chi connectivity index (χ1) is 13.2. The maximum atomic E-state index is 12.9. The van der Waals surface area contributed by atoms with Crippen molar-refractivity contribution in [1.29, 1.82) is 0 Å². The van der Waals surface area contributed by atoms with Crippen molar-refractivity contribution in [3.05, 3.63) is 28.7 Å². The third-order valence-electron chi connectivity index (χ3n) is 4.89. The van der Waals surface area contributed by atoms with Crippen molar-refractivity contribution in [3.8, 4) is 5.75 Å². The van der Waals surface area contributed by atoms with Crippen LogP contribution in [0.5, 0.6) is 5.75 Å². The number of anilines is 3. The maximum absolute atomic E-state index is 12.9. The molecule has 0 radical (unpaired) electrons. The Labute approximate surface area is 165 Å². The van der Waals surface area contributed by atoms with Gasteiger partial charge in [0.25, 0.3) is 0 Å². The number of nitrogen functional groups attached to an aromatic ring is 1. The number of aryl methyl sites for hydroxylation is 2. The number of nitrogens with two attached hydrogens (primary N) is 1. The van der Waals surface area contributed by atoms with Crippen LogP contribution in [-0.2, 0) is 11.3 Å². The minimum Gasteiger partial charge on any atom is -0.496 e. The van der Waals surface area contributed by atoms with E-state index in [0.717, 1.165) is 28.3 Å². The second-order valence-corrected chi connectivity index (χ2v) is 7.64. The molecule has 0 aromatic carbocycles. The third kappa shape index (κ3) is 3.58. The van der Waals surface area contributed by atoms with Crippen LogP contribution in [0.25, 0.3) is 0 Å². The molecule has 0 unspecified atom stereocenters. The fourth-order valence-electron chi connectivity index (χ4n) is 3.66. The minimum atomic E-state index is 0.0226. The van der Waals surface area contributed by atoms with Gasteiger partial charge in [0, 0.05) is 23.9 Å². The summed E-state index contributed by atoms with van der Waals surface area (Å²) in [7, 11) is 1.65. The second kappa shape index (κ2) is 7.61. The monoisotopic (exact) mass is 384 g/mol. The molecule has 2 N–H and O–H groups in total. The summed E-state index contributed by atoms with van der Waals surface area (Å²) in [6, 6.07) is 0. The van der Waals surface area contributed by atoms with Crippen molar-refractivity contribution in [2.75, 3.05) is 35.7 Å². The highest BCUT2D eigenvalue weighted by Crippen LogP contribution is 2.36. The van der Waals surface area contributed by atoms with E-state index in [9.17, 15) is 4.79 Å². The average molecular weight is 384 g/mol. The van der Waals surface area contributed by atoms with Crippen LogP contribution in [-0.4, -0.2) is 41.1 Å². The van der Waals surface area contributed by atoms with Gasteiger partial charge in [0.2, 0.25) is 11.9 Å². The predicted molar refractivity (Wildman–Crippen MR) is 110 cm³/mol. The molecular formula is C20H28N6O2. The van der Waals surface area contributed by atoms with Gasteiger partial charge in [-0.15, -0.1) is 0 Å². The summed E-state index contributed by atoms with van der Waals surface area (Å²) in [5.41, 5.74) is 10.1. The van der Waals surface area contributed by atoms with Crippen molar-refractivity contribution in [2.45, 2.75) is 41.2 Å². The van der Waals surface area contributed by atoms with Crippen LogP contribution < -0.4 is 20.3 Å². The molecule has 0 spiro atoms. The Bertz CT molecular complexity index is 912. The molecular weight excluding hydrogens is 356 g/mol. The standard InChI is InChI=1S/C20H28N6O2/c1-11(2)8-26-16(27)10-25(19-17(26)14(5)23-20(21)24-19)9-15-13(4)18(28-6)12(3)7-22-15/h7,11H,8-10H2,1-6H3,(H2,21,23,24). The van der Waals surface area contributed by atoms with Gasteiger partial charge < -0.3 is 20.3 Å². The van der Waals surface area contributed by atoms with Crippen LogP contribution in [0.15, 0.2) is 6.20 Å². The molecule has 3 rings (SSSR count). The number of hydrogen-bond acceptors (Lipinski definition) is 7. The predicted octanol–water partition coefficient (Wildman–Crippen LogP) is 2.40. The van der Waals surface area contributed by atoms with E-state index in [4.69, 9.17) is 10.5 Å². The number of rotatable bonds is 5. The van der Waals surface area contributed by atoms with Crippen LogP contribution >= 0.6 is 0 Å². The number of methoxy groups -OCH3 is 1. The fourth-order valence-corrected chi connectivity index (χ4v) is 3.66. The van der Waals surface area contributed by atoms with E-state index in [1.807, 2.05) is 25.7 Å². The minimum absolute atomic E-state index is 0.0226. The summed E-state index contributed by atoms with van der Waals surface area (Å²) in [6.07, 6.45) is 1.79. The highest BCUT2D eigenvalue weighted by molar-refractivity contribution is 6.03. The molecule has 0 saturated heterocycles. The van der Waals surface area contributed by atoms with E-state index >= 15 is 0 Å². The van der Waals surface area contributed by atoms with Crippen LogP contribution in [0.2, 0.25) is 0 Å². The molecule has 0 saturated carbocycles. The average Bonchev–Trinajstić information content (AvgIpc) is 2.60. The highest BCUT2D eigenvalue weighted by atomic mass is 16.5. The molecule has 2 aromatic rings. The molecule has 1 aliphatic rings. The molecule has 0 fully saturated rings. The lowest BCUT2D eigenvalue weighted by Gasteiger charge is -2.37. The number of ether oxygens (including phenoxy) is 1. The normalized spacial score (nSPS) is 13.9. The highest BCUT2D eigenvalue weighted by Gasteiger charge is 2.33. The van der Waals surface area contributed by atoms with Gasteiger partial charge in [0.15, 0.2) is 5.82 Å². The first-order valence-corrected chi connectivity index (χ1v) is 9.41. The third-order valence-corrected chi connectivity index (χ3v) is 4.89. The number of carbonyl (C=O) groups is 1. The Morgan fingerprint density at radius 3 is 2.61 bits per heavy atom. The van der Waals surface area contributed by atoms with E-state index in [2.05, 4.69) is 28.8 Å². The summed E-state index contributed by atoms with van der Waals surface area (Å²) in [5.74, 6) is 2.03. The molecule has 1 aliphatic heterocycles. The van der Waals surface area contributed by atoms with Gasteiger partial charge in [0.1, 0.15) is 11.4 Å². The van der Waals surface area contributed by atoms with E-state index in [1.165, 1.54) is 0 Å². The molecule has 0 atom stereocenters. The molecule has 8 nitrogen and oxygen atoms in total. The lowest BCUT2D eigenvalue weighted by molar-refractivity contribution is -0.117. The lowest BCUT2D eigenvalue weighted by atomic mass is 10.1. The van der Waals surface area contributed by atoms with Crippen LogP contribution in [0.3, 0.4) is 0 Å². The zero-order chi connectivity index (χ0) is 20.6. The van der Waals surface area contributed by atoms with Crippen molar-refractivity contribution < 1.29 is 9.53 Å². The molecule has 1 amide bonds. The van der Waals surface area contributed by atoms with E-state index in [-0.39, 0.29) is 18.4 Å². The Balaban J connectivity index is 2.05. The van der Waals surface area contributed by atoms with Gasteiger partial charge >= 0.3 is 0 Å². The zero-order valence-electron chi connectivity index (χ0n) is 17.4. The van der Waals surface area contributed by atoms with Gasteiger partial charge in [0.05, 0.1) is 31.6 Å². The Morgan fingerprint density at radius 2 is 1.96 bits per heavy atom. The van der Waals surface area contributed by atoms with Gasteiger partial charge in [-0.25, -0.2) is 4.98 Å². The van der Waals surface area contributed by atoms with Crippen molar-refractivity contribution >= 4 is 23.4 Å². The summed E-state index contributed by atoms with van der Waals surface area (Å²) < 4.78 is 5.52. The molecule has 2 aromatic heterocycles. The Hall–Kier alpha value is -2.90.